The van der Waals surface area contributed by atoms with Crippen LogP contribution in [0.5, 0.6) is 17.2 Å². The molecule has 3 amide bonds. The third-order valence-electron chi connectivity index (χ3n) is 5.12. The quantitative estimate of drug-likeness (QED) is 0.576. The number of rotatable bonds is 6. The molecule has 0 saturated carbocycles. The number of methoxy groups -OCH3 is 1. The number of nitrogens with zero attached hydrogens (tertiary/aromatic N) is 1. The second-order valence-corrected chi connectivity index (χ2v) is 7.29. The van der Waals surface area contributed by atoms with Crippen LogP contribution in [-0.2, 0) is 11.2 Å². The monoisotopic (exact) mass is 414 g/mol. The van der Waals surface area contributed by atoms with Gasteiger partial charge in [0.05, 0.1) is 13.7 Å². The van der Waals surface area contributed by atoms with Gasteiger partial charge in [0, 0.05) is 12.0 Å². The third kappa shape index (κ3) is 3.42. The van der Waals surface area contributed by atoms with E-state index in [4.69, 9.17) is 14.2 Å². The van der Waals surface area contributed by atoms with E-state index in [0.717, 1.165) is 16.5 Å². The molecule has 1 fully saturated rings. The van der Waals surface area contributed by atoms with E-state index in [1.807, 2.05) is 0 Å². The molecule has 9 heteroatoms. The lowest BCUT2D eigenvalue weighted by atomic mass is 9.92. The predicted octanol–water partition coefficient (Wildman–Crippen LogP) is 2.30. The number of benzene rings is 2. The molecule has 1 atom stereocenters. The Hall–Kier alpha value is -3.62. The minimum atomic E-state index is -1.23. The van der Waals surface area contributed by atoms with Gasteiger partial charge in [0.1, 0.15) is 5.54 Å². The second-order valence-electron chi connectivity index (χ2n) is 7.29. The Morgan fingerprint density at radius 3 is 2.70 bits per heavy atom. The molecule has 0 aliphatic carbocycles. The number of hydrogen-bond acceptors (Lipinski definition) is 6. The topological polar surface area (TPSA) is 94.2 Å². The first-order chi connectivity index (χ1) is 14.3. The SMILES string of the molecule is COc1ccc(C(=O)CN2C(=O)N[C@@](C)(Cc3ccc4c(c3)OCO4)C2=O)cc1F. The number of nitrogens with one attached hydrogen (secondary N) is 1. The summed E-state index contributed by atoms with van der Waals surface area (Å²) < 4.78 is 29.3. The summed E-state index contributed by atoms with van der Waals surface area (Å²) in [5.74, 6) is -0.614. The van der Waals surface area contributed by atoms with Crippen LogP contribution in [0, 0.1) is 5.82 Å². The van der Waals surface area contributed by atoms with Crippen molar-refractivity contribution in [3.05, 3.63) is 53.3 Å². The van der Waals surface area contributed by atoms with Crippen LogP contribution in [0.15, 0.2) is 36.4 Å². The largest absolute Gasteiger partial charge is 0.494 e. The number of imide groups is 1. The number of Topliss-reactive ketones (excluding diaryl/α,β-unsaturated/α-hetero) is 1. The Bertz CT molecular complexity index is 1060. The molecular weight excluding hydrogens is 395 g/mol. The van der Waals surface area contributed by atoms with Crippen molar-refractivity contribution in [3.63, 3.8) is 0 Å². The minimum Gasteiger partial charge on any atom is -0.494 e. The number of halogens is 1. The maximum atomic E-state index is 13.9. The molecule has 1 N–H and O–H groups in total. The van der Waals surface area contributed by atoms with Crippen molar-refractivity contribution in [2.75, 3.05) is 20.4 Å². The Morgan fingerprint density at radius 2 is 1.97 bits per heavy atom. The number of ether oxygens (including phenoxy) is 3. The molecule has 0 aromatic heterocycles. The summed E-state index contributed by atoms with van der Waals surface area (Å²) in [6.07, 6.45) is 0.204. The van der Waals surface area contributed by atoms with Crippen molar-refractivity contribution >= 4 is 17.7 Å². The van der Waals surface area contributed by atoms with Gasteiger partial charge in [-0.15, -0.1) is 0 Å². The fourth-order valence-corrected chi connectivity index (χ4v) is 3.54. The van der Waals surface area contributed by atoms with Gasteiger partial charge in [0.15, 0.2) is 28.8 Å². The van der Waals surface area contributed by atoms with E-state index in [2.05, 4.69) is 5.32 Å². The first-order valence-electron chi connectivity index (χ1n) is 9.20. The van der Waals surface area contributed by atoms with E-state index in [1.54, 1.807) is 25.1 Å². The lowest BCUT2D eigenvalue weighted by Crippen LogP contribution is -2.46. The van der Waals surface area contributed by atoms with E-state index in [0.29, 0.717) is 11.5 Å². The van der Waals surface area contributed by atoms with E-state index in [-0.39, 0.29) is 24.5 Å². The zero-order valence-electron chi connectivity index (χ0n) is 16.4. The van der Waals surface area contributed by atoms with Crippen LogP contribution >= 0.6 is 0 Å². The van der Waals surface area contributed by atoms with Crippen LogP contribution in [0.2, 0.25) is 0 Å². The van der Waals surface area contributed by atoms with Crippen LogP contribution in [0.25, 0.3) is 0 Å². The molecule has 8 nitrogen and oxygen atoms in total. The highest BCUT2D eigenvalue weighted by Crippen LogP contribution is 2.34. The van der Waals surface area contributed by atoms with Crippen molar-refractivity contribution in [2.24, 2.45) is 0 Å². The van der Waals surface area contributed by atoms with Gasteiger partial charge < -0.3 is 19.5 Å². The summed E-state index contributed by atoms with van der Waals surface area (Å²) in [5.41, 5.74) is -0.421. The Labute approximate surface area is 171 Å². The molecule has 2 aromatic carbocycles. The fourth-order valence-electron chi connectivity index (χ4n) is 3.54. The average molecular weight is 414 g/mol. The molecule has 0 spiro atoms. The summed E-state index contributed by atoms with van der Waals surface area (Å²) in [5, 5.41) is 2.65. The second kappa shape index (κ2) is 7.33. The molecule has 2 aromatic rings. The average Bonchev–Trinajstić information content (AvgIpc) is 3.25. The number of hydrogen-bond donors (Lipinski definition) is 1. The van der Waals surface area contributed by atoms with E-state index < -0.39 is 35.6 Å². The van der Waals surface area contributed by atoms with Gasteiger partial charge in [0.2, 0.25) is 6.79 Å². The van der Waals surface area contributed by atoms with Gasteiger partial charge in [-0.1, -0.05) is 6.07 Å². The number of carbonyl (C=O) groups excluding carboxylic acids is 3. The summed E-state index contributed by atoms with van der Waals surface area (Å²) in [4.78, 5) is 38.7. The van der Waals surface area contributed by atoms with Crippen molar-refractivity contribution in [1.82, 2.24) is 10.2 Å². The number of amides is 3. The smallest absolute Gasteiger partial charge is 0.325 e. The number of carbonyl (C=O) groups is 3. The molecule has 2 aliphatic rings. The maximum Gasteiger partial charge on any atom is 0.325 e. The fraction of sp³-hybridized carbons (Fsp3) is 0.286. The highest BCUT2D eigenvalue weighted by atomic mass is 19.1. The third-order valence-corrected chi connectivity index (χ3v) is 5.12. The molecule has 2 heterocycles. The number of urea groups is 1. The molecule has 156 valence electrons. The zero-order valence-corrected chi connectivity index (χ0v) is 16.4. The number of ketones is 1. The molecule has 0 bridgehead atoms. The maximum absolute atomic E-state index is 13.9. The van der Waals surface area contributed by atoms with E-state index in [1.165, 1.54) is 19.2 Å². The summed E-state index contributed by atoms with van der Waals surface area (Å²) in [7, 11) is 1.31. The number of fused-ring (bicyclic) bond motifs is 1. The van der Waals surface area contributed by atoms with Gasteiger partial charge in [0.25, 0.3) is 5.91 Å². The first kappa shape index (κ1) is 19.7. The van der Waals surface area contributed by atoms with E-state index >= 15 is 0 Å². The van der Waals surface area contributed by atoms with Gasteiger partial charge in [-0.05, 0) is 42.8 Å². The van der Waals surface area contributed by atoms with Crippen LogP contribution in [0.4, 0.5) is 9.18 Å². The van der Waals surface area contributed by atoms with Crippen molar-refractivity contribution in [3.8, 4) is 17.2 Å². The van der Waals surface area contributed by atoms with Crippen LogP contribution in [-0.4, -0.2) is 48.6 Å². The zero-order chi connectivity index (χ0) is 21.5. The summed E-state index contributed by atoms with van der Waals surface area (Å²) in [6.45, 7) is 1.23. The molecule has 4 rings (SSSR count). The van der Waals surface area contributed by atoms with Gasteiger partial charge in [-0.3, -0.25) is 14.5 Å². The Kier molecular flexibility index (Phi) is 4.81. The van der Waals surface area contributed by atoms with E-state index in [9.17, 15) is 18.8 Å². The van der Waals surface area contributed by atoms with Gasteiger partial charge >= 0.3 is 6.03 Å². The first-order valence-corrected chi connectivity index (χ1v) is 9.20. The Balaban J connectivity index is 1.49. The molecule has 0 radical (unpaired) electrons. The van der Waals surface area contributed by atoms with Crippen molar-refractivity contribution in [2.45, 2.75) is 18.9 Å². The molecule has 0 unspecified atom stereocenters. The highest BCUT2D eigenvalue weighted by Gasteiger charge is 2.48. The highest BCUT2D eigenvalue weighted by molar-refractivity contribution is 6.11. The van der Waals surface area contributed by atoms with Crippen molar-refractivity contribution in [1.29, 1.82) is 0 Å². The normalized spacial score (nSPS) is 19.8. The van der Waals surface area contributed by atoms with Crippen LogP contribution in [0.3, 0.4) is 0 Å². The van der Waals surface area contributed by atoms with Crippen LogP contribution < -0.4 is 19.5 Å². The lowest BCUT2D eigenvalue weighted by Gasteiger charge is -2.21. The van der Waals surface area contributed by atoms with Gasteiger partial charge in [-0.2, -0.15) is 0 Å². The summed E-state index contributed by atoms with van der Waals surface area (Å²) in [6, 6.07) is 8.32. The standard InChI is InChI=1S/C21H19FN2O6/c1-21(9-12-3-5-17-18(7-12)30-11-29-17)19(26)24(20(27)23-21)10-15(25)13-4-6-16(28-2)14(22)8-13/h3-8H,9-11H2,1-2H3,(H,23,27)/t21-/m0/s1. The Morgan fingerprint density at radius 1 is 1.20 bits per heavy atom. The predicted molar refractivity (Wildman–Crippen MR) is 102 cm³/mol. The van der Waals surface area contributed by atoms with Crippen molar-refractivity contribution < 1.29 is 33.0 Å². The molecular formula is C21H19FN2O6. The minimum absolute atomic E-state index is 0.00200. The summed E-state index contributed by atoms with van der Waals surface area (Å²) >= 11 is 0. The molecule has 2 aliphatic heterocycles. The van der Waals surface area contributed by atoms with Crippen LogP contribution in [0.1, 0.15) is 22.8 Å². The van der Waals surface area contributed by atoms with Gasteiger partial charge in [-0.25, -0.2) is 9.18 Å². The molecule has 30 heavy (non-hydrogen) atoms. The lowest BCUT2D eigenvalue weighted by molar-refractivity contribution is -0.130. The molecule has 1 saturated heterocycles.